The molecule has 0 aliphatic rings. The van der Waals surface area contributed by atoms with Crippen molar-refractivity contribution in [3.63, 3.8) is 0 Å². The van der Waals surface area contributed by atoms with Crippen LogP contribution < -0.4 is 5.73 Å². The van der Waals surface area contributed by atoms with Crippen molar-refractivity contribution in [3.05, 3.63) is 17.2 Å². The van der Waals surface area contributed by atoms with Crippen LogP contribution >= 0.6 is 0 Å². The van der Waals surface area contributed by atoms with Crippen LogP contribution in [0.15, 0.2) is 0 Å². The molecular formula is C10H19N3. The topological polar surface area (TPSA) is 43.8 Å². The smallest absolute Gasteiger partial charge is 0.105 e. The van der Waals surface area contributed by atoms with Gasteiger partial charge in [0.1, 0.15) is 5.82 Å². The number of imidazole rings is 1. The van der Waals surface area contributed by atoms with Crippen molar-refractivity contribution in [3.8, 4) is 0 Å². The lowest BCUT2D eigenvalue weighted by Crippen LogP contribution is -2.17. The van der Waals surface area contributed by atoms with Crippen molar-refractivity contribution < 1.29 is 0 Å². The Hall–Kier alpha value is -0.830. The quantitative estimate of drug-likeness (QED) is 0.713. The molecule has 0 aliphatic heterocycles. The summed E-state index contributed by atoms with van der Waals surface area (Å²) in [5.41, 5.74) is 8.05. The minimum absolute atomic E-state index is 0.0841. The molecular weight excluding hydrogens is 162 g/mol. The van der Waals surface area contributed by atoms with Crippen LogP contribution in [-0.4, -0.2) is 9.55 Å². The van der Waals surface area contributed by atoms with E-state index < -0.39 is 0 Å². The number of hydrogen-bond acceptors (Lipinski definition) is 2. The summed E-state index contributed by atoms with van der Waals surface area (Å²) in [7, 11) is 2.01. The van der Waals surface area contributed by atoms with Gasteiger partial charge in [-0.05, 0) is 6.92 Å². The summed E-state index contributed by atoms with van der Waals surface area (Å²) < 4.78 is 2.07. The zero-order valence-corrected chi connectivity index (χ0v) is 9.18. The third kappa shape index (κ3) is 1.75. The van der Waals surface area contributed by atoms with E-state index in [-0.39, 0.29) is 5.41 Å². The average Bonchev–Trinajstić information content (AvgIpc) is 2.28. The zero-order valence-electron chi connectivity index (χ0n) is 9.18. The van der Waals surface area contributed by atoms with Crippen molar-refractivity contribution >= 4 is 0 Å². The molecule has 0 bridgehead atoms. The highest BCUT2D eigenvalue weighted by Crippen LogP contribution is 2.24. The summed E-state index contributed by atoms with van der Waals surface area (Å²) in [4.78, 5) is 4.54. The van der Waals surface area contributed by atoms with Crippen molar-refractivity contribution in [2.75, 3.05) is 0 Å². The van der Waals surface area contributed by atoms with E-state index >= 15 is 0 Å². The summed E-state index contributed by atoms with van der Waals surface area (Å²) in [6.07, 6.45) is 0. The second-order valence-electron chi connectivity index (χ2n) is 4.47. The second-order valence-corrected chi connectivity index (χ2v) is 4.47. The molecule has 0 amide bonds. The molecule has 3 heteroatoms. The number of nitrogens with two attached hydrogens (primary N) is 1. The minimum atomic E-state index is 0.0841. The third-order valence-electron chi connectivity index (χ3n) is 2.34. The van der Waals surface area contributed by atoms with E-state index in [9.17, 15) is 0 Å². The third-order valence-corrected chi connectivity index (χ3v) is 2.34. The fraction of sp³-hybridized carbons (Fsp3) is 0.700. The van der Waals surface area contributed by atoms with Gasteiger partial charge in [0.2, 0.25) is 0 Å². The van der Waals surface area contributed by atoms with Gasteiger partial charge in [0, 0.05) is 19.0 Å². The molecule has 0 unspecified atom stereocenters. The van der Waals surface area contributed by atoms with Crippen molar-refractivity contribution in [2.24, 2.45) is 12.8 Å². The number of aromatic nitrogens is 2. The molecule has 0 aliphatic carbocycles. The molecule has 1 aromatic heterocycles. The summed E-state index contributed by atoms with van der Waals surface area (Å²) in [5, 5.41) is 0. The van der Waals surface area contributed by atoms with Gasteiger partial charge in [-0.25, -0.2) is 4.98 Å². The van der Waals surface area contributed by atoms with Crippen molar-refractivity contribution in [2.45, 2.75) is 39.7 Å². The number of hydrogen-bond donors (Lipinski definition) is 1. The Labute approximate surface area is 80.0 Å². The molecule has 74 valence electrons. The van der Waals surface area contributed by atoms with Crippen LogP contribution in [0.3, 0.4) is 0 Å². The van der Waals surface area contributed by atoms with Gasteiger partial charge in [0.25, 0.3) is 0 Å². The first-order valence-corrected chi connectivity index (χ1v) is 4.60. The van der Waals surface area contributed by atoms with E-state index in [0.717, 1.165) is 17.2 Å². The standard InChI is InChI=1S/C10H19N3/c1-7-12-9(10(2,3)4)8(6-11)13(7)5/h6,11H2,1-5H3. The molecule has 0 aromatic carbocycles. The van der Waals surface area contributed by atoms with Gasteiger partial charge in [-0.2, -0.15) is 0 Å². The number of rotatable bonds is 1. The first kappa shape index (κ1) is 10.3. The van der Waals surface area contributed by atoms with Crippen LogP contribution in [0.25, 0.3) is 0 Å². The molecule has 0 atom stereocenters. The van der Waals surface area contributed by atoms with E-state index in [1.165, 1.54) is 0 Å². The molecule has 13 heavy (non-hydrogen) atoms. The Morgan fingerprint density at radius 1 is 1.38 bits per heavy atom. The Morgan fingerprint density at radius 2 is 1.92 bits per heavy atom. The average molecular weight is 181 g/mol. The first-order chi connectivity index (χ1) is 5.88. The predicted molar refractivity (Wildman–Crippen MR) is 54.5 cm³/mol. The Bertz CT molecular complexity index is 305. The van der Waals surface area contributed by atoms with Gasteiger partial charge in [-0.15, -0.1) is 0 Å². The molecule has 0 saturated carbocycles. The largest absolute Gasteiger partial charge is 0.334 e. The second kappa shape index (κ2) is 3.14. The highest BCUT2D eigenvalue weighted by Gasteiger charge is 2.22. The van der Waals surface area contributed by atoms with Crippen LogP contribution in [0.2, 0.25) is 0 Å². The van der Waals surface area contributed by atoms with Crippen molar-refractivity contribution in [1.82, 2.24) is 9.55 Å². The fourth-order valence-corrected chi connectivity index (χ4v) is 1.49. The molecule has 0 fully saturated rings. The summed E-state index contributed by atoms with van der Waals surface area (Å²) >= 11 is 0. The van der Waals surface area contributed by atoms with E-state index in [1.807, 2.05) is 14.0 Å². The Morgan fingerprint density at radius 3 is 2.23 bits per heavy atom. The normalized spacial score (nSPS) is 12.2. The molecule has 0 saturated heterocycles. The minimum Gasteiger partial charge on any atom is -0.334 e. The predicted octanol–water partition coefficient (Wildman–Crippen LogP) is 1.48. The lowest BCUT2D eigenvalue weighted by atomic mass is 9.90. The van der Waals surface area contributed by atoms with Gasteiger partial charge in [0.05, 0.1) is 11.4 Å². The lowest BCUT2D eigenvalue weighted by Gasteiger charge is -2.17. The van der Waals surface area contributed by atoms with Gasteiger partial charge >= 0.3 is 0 Å². The van der Waals surface area contributed by atoms with Crippen molar-refractivity contribution in [1.29, 1.82) is 0 Å². The monoisotopic (exact) mass is 181 g/mol. The van der Waals surface area contributed by atoms with E-state index in [1.54, 1.807) is 0 Å². The zero-order chi connectivity index (χ0) is 10.2. The summed E-state index contributed by atoms with van der Waals surface area (Å²) in [6.45, 7) is 9.05. The molecule has 1 rings (SSSR count). The van der Waals surface area contributed by atoms with Gasteiger partial charge < -0.3 is 10.3 Å². The van der Waals surface area contributed by atoms with Gasteiger partial charge in [0.15, 0.2) is 0 Å². The Kier molecular flexibility index (Phi) is 2.48. The highest BCUT2D eigenvalue weighted by molar-refractivity contribution is 5.23. The van der Waals surface area contributed by atoms with Crippen LogP contribution in [0, 0.1) is 6.92 Å². The van der Waals surface area contributed by atoms with Crippen LogP contribution in [0.5, 0.6) is 0 Å². The molecule has 0 spiro atoms. The number of nitrogens with zero attached hydrogens (tertiary/aromatic N) is 2. The first-order valence-electron chi connectivity index (χ1n) is 4.60. The molecule has 1 aromatic rings. The van der Waals surface area contributed by atoms with E-state index in [2.05, 4.69) is 30.3 Å². The summed E-state index contributed by atoms with van der Waals surface area (Å²) in [6, 6.07) is 0. The molecule has 2 N–H and O–H groups in total. The van der Waals surface area contributed by atoms with Crippen LogP contribution in [0.1, 0.15) is 38.0 Å². The maximum Gasteiger partial charge on any atom is 0.105 e. The number of aryl methyl sites for hydroxylation is 1. The maximum atomic E-state index is 5.70. The molecule has 0 radical (unpaired) electrons. The maximum absolute atomic E-state index is 5.70. The lowest BCUT2D eigenvalue weighted by molar-refractivity contribution is 0.561. The highest BCUT2D eigenvalue weighted by atomic mass is 15.1. The van der Waals surface area contributed by atoms with Gasteiger partial charge in [-0.1, -0.05) is 20.8 Å². The van der Waals surface area contributed by atoms with E-state index in [4.69, 9.17) is 5.73 Å². The Balaban J connectivity index is 3.30. The van der Waals surface area contributed by atoms with E-state index in [0.29, 0.717) is 6.54 Å². The fourth-order valence-electron chi connectivity index (χ4n) is 1.49. The van der Waals surface area contributed by atoms with Gasteiger partial charge in [-0.3, -0.25) is 0 Å². The van der Waals surface area contributed by atoms with Crippen LogP contribution in [-0.2, 0) is 19.0 Å². The molecule has 1 heterocycles. The van der Waals surface area contributed by atoms with Crippen LogP contribution in [0.4, 0.5) is 0 Å². The molecule has 3 nitrogen and oxygen atoms in total. The SMILES string of the molecule is Cc1nc(C(C)(C)C)c(CN)n1C. The summed E-state index contributed by atoms with van der Waals surface area (Å²) in [5.74, 6) is 1.03.